The molecule has 0 N–H and O–H groups in total. The number of sulfonamides is 1. The van der Waals surface area contributed by atoms with Gasteiger partial charge in [0, 0.05) is 6.07 Å². The van der Waals surface area contributed by atoms with Crippen LogP contribution in [0.25, 0.3) is 0 Å². The maximum atomic E-state index is 13.0. The van der Waals surface area contributed by atoms with E-state index in [0.29, 0.717) is 10.4 Å². The number of ether oxygens (including phenoxy) is 1. The molecule has 0 atom stereocenters. The van der Waals surface area contributed by atoms with Crippen molar-refractivity contribution in [3.63, 3.8) is 0 Å². The number of carbonyl (C=O) groups excluding carboxylic acids is 1. The second-order valence-corrected chi connectivity index (χ2v) is 5.38. The highest BCUT2D eigenvalue weighted by atomic mass is 32.2. The second kappa shape index (κ2) is 5.30. The molecule has 0 amide bonds. The summed E-state index contributed by atoms with van der Waals surface area (Å²) in [5, 5.41) is 0. The van der Waals surface area contributed by atoms with E-state index in [9.17, 15) is 22.0 Å². The van der Waals surface area contributed by atoms with Gasteiger partial charge in [0.2, 0.25) is 10.0 Å². The molecule has 1 aromatic carbocycles. The minimum absolute atomic E-state index is 0.277. The van der Waals surface area contributed by atoms with Crippen molar-refractivity contribution in [2.45, 2.75) is 0 Å². The molecule has 0 aliphatic carbocycles. The van der Waals surface area contributed by atoms with E-state index in [4.69, 9.17) is 0 Å². The van der Waals surface area contributed by atoms with Gasteiger partial charge < -0.3 is 4.74 Å². The van der Waals surface area contributed by atoms with Crippen molar-refractivity contribution in [1.82, 2.24) is 0 Å². The summed E-state index contributed by atoms with van der Waals surface area (Å²) in [4.78, 5) is 11.1. The number of esters is 1. The number of hydrogen-bond donors (Lipinski definition) is 0. The minimum atomic E-state index is -3.86. The zero-order valence-corrected chi connectivity index (χ0v) is 10.5. The Labute approximate surface area is 103 Å². The van der Waals surface area contributed by atoms with Gasteiger partial charge in [-0.05, 0) is 12.1 Å². The third kappa shape index (κ3) is 3.66. The fraction of sp³-hybridized carbons (Fsp3) is 0.300. The molecule has 0 aliphatic rings. The van der Waals surface area contributed by atoms with Gasteiger partial charge in [-0.2, -0.15) is 0 Å². The number of methoxy groups -OCH3 is 1. The highest BCUT2D eigenvalue weighted by Gasteiger charge is 2.22. The molecule has 0 spiro atoms. The molecule has 18 heavy (non-hydrogen) atoms. The van der Waals surface area contributed by atoms with Crippen LogP contribution in [-0.4, -0.2) is 34.3 Å². The maximum absolute atomic E-state index is 13.0. The molecule has 0 saturated carbocycles. The van der Waals surface area contributed by atoms with E-state index in [2.05, 4.69) is 4.74 Å². The van der Waals surface area contributed by atoms with E-state index >= 15 is 0 Å². The number of benzene rings is 1. The van der Waals surface area contributed by atoms with Crippen molar-refractivity contribution >= 4 is 21.7 Å². The zero-order chi connectivity index (χ0) is 13.9. The Morgan fingerprint density at radius 2 is 1.78 bits per heavy atom. The normalized spacial score (nSPS) is 11.1. The third-order valence-corrected chi connectivity index (χ3v) is 3.18. The Kier molecular flexibility index (Phi) is 4.23. The van der Waals surface area contributed by atoms with Crippen LogP contribution < -0.4 is 4.31 Å². The first-order valence-electron chi connectivity index (χ1n) is 4.74. The van der Waals surface area contributed by atoms with E-state index in [1.54, 1.807) is 0 Å². The Balaban J connectivity index is 3.22. The number of anilines is 1. The van der Waals surface area contributed by atoms with Crippen LogP contribution in [0.15, 0.2) is 18.2 Å². The van der Waals surface area contributed by atoms with E-state index < -0.39 is 34.2 Å². The van der Waals surface area contributed by atoms with Gasteiger partial charge >= 0.3 is 5.97 Å². The summed E-state index contributed by atoms with van der Waals surface area (Å²) in [5.74, 6) is -2.72. The largest absolute Gasteiger partial charge is 0.468 e. The van der Waals surface area contributed by atoms with E-state index in [1.807, 2.05) is 0 Å². The summed E-state index contributed by atoms with van der Waals surface area (Å²) in [5.41, 5.74) is -0.277. The Hall–Kier alpha value is -1.70. The van der Waals surface area contributed by atoms with Gasteiger partial charge in [-0.25, -0.2) is 17.2 Å². The highest BCUT2D eigenvalue weighted by Crippen LogP contribution is 2.20. The monoisotopic (exact) mass is 279 g/mol. The van der Waals surface area contributed by atoms with Gasteiger partial charge in [-0.1, -0.05) is 0 Å². The van der Waals surface area contributed by atoms with Crippen LogP contribution >= 0.6 is 0 Å². The molecule has 0 bridgehead atoms. The van der Waals surface area contributed by atoms with Crippen molar-refractivity contribution in [2.75, 3.05) is 24.2 Å². The topological polar surface area (TPSA) is 63.7 Å². The van der Waals surface area contributed by atoms with Crippen molar-refractivity contribution in [3.05, 3.63) is 29.8 Å². The fourth-order valence-corrected chi connectivity index (χ4v) is 2.09. The van der Waals surface area contributed by atoms with Crippen LogP contribution in [0.1, 0.15) is 0 Å². The predicted octanol–water partition coefficient (Wildman–Crippen LogP) is 0.904. The van der Waals surface area contributed by atoms with E-state index in [1.165, 1.54) is 0 Å². The number of carbonyl (C=O) groups is 1. The predicted molar refractivity (Wildman–Crippen MR) is 60.6 cm³/mol. The summed E-state index contributed by atoms with van der Waals surface area (Å²) in [6.45, 7) is -0.655. The van der Waals surface area contributed by atoms with Gasteiger partial charge in [0.15, 0.2) is 0 Å². The molecule has 0 fully saturated rings. The fourth-order valence-electron chi connectivity index (χ4n) is 1.27. The lowest BCUT2D eigenvalue weighted by molar-refractivity contribution is -0.138. The first kappa shape index (κ1) is 14.4. The Bertz CT molecular complexity index is 539. The number of nitrogens with zero attached hydrogens (tertiary/aromatic N) is 1. The summed E-state index contributed by atoms with van der Waals surface area (Å²) in [7, 11) is -2.78. The summed E-state index contributed by atoms with van der Waals surface area (Å²) in [6, 6.07) is 2.22. The molecular formula is C10H11F2NO4S. The van der Waals surface area contributed by atoms with Crippen molar-refractivity contribution < 1.29 is 26.7 Å². The van der Waals surface area contributed by atoms with Crippen LogP contribution in [0.5, 0.6) is 0 Å². The summed E-state index contributed by atoms with van der Waals surface area (Å²) < 4.78 is 53.9. The summed E-state index contributed by atoms with van der Waals surface area (Å²) >= 11 is 0. The van der Waals surface area contributed by atoms with Crippen molar-refractivity contribution in [2.24, 2.45) is 0 Å². The summed E-state index contributed by atoms with van der Waals surface area (Å²) in [6.07, 6.45) is 0.818. The van der Waals surface area contributed by atoms with E-state index in [-0.39, 0.29) is 5.69 Å². The van der Waals surface area contributed by atoms with Crippen LogP contribution in [0.4, 0.5) is 14.5 Å². The molecule has 0 heterocycles. The molecule has 0 unspecified atom stereocenters. The van der Waals surface area contributed by atoms with Gasteiger partial charge in [0.05, 0.1) is 19.1 Å². The highest BCUT2D eigenvalue weighted by molar-refractivity contribution is 7.92. The standard InChI is InChI=1S/C10H11F2NO4S/c1-17-10(14)6-13(18(2,15)16)9-4-7(11)3-8(12)5-9/h3-5H,6H2,1-2H3. The lowest BCUT2D eigenvalue weighted by Gasteiger charge is -2.21. The van der Waals surface area contributed by atoms with Crippen LogP contribution in [0.3, 0.4) is 0 Å². The van der Waals surface area contributed by atoms with E-state index in [0.717, 1.165) is 25.5 Å². The molecule has 0 aliphatic heterocycles. The zero-order valence-electron chi connectivity index (χ0n) is 9.68. The van der Waals surface area contributed by atoms with Gasteiger partial charge in [0.25, 0.3) is 0 Å². The molecular weight excluding hydrogens is 268 g/mol. The second-order valence-electron chi connectivity index (χ2n) is 3.47. The Morgan fingerprint density at radius 1 is 1.28 bits per heavy atom. The molecule has 5 nitrogen and oxygen atoms in total. The molecule has 8 heteroatoms. The first-order valence-corrected chi connectivity index (χ1v) is 6.59. The van der Waals surface area contributed by atoms with Crippen molar-refractivity contribution in [1.29, 1.82) is 0 Å². The lowest BCUT2D eigenvalue weighted by Crippen LogP contribution is -2.35. The quantitative estimate of drug-likeness (QED) is 0.768. The molecule has 1 rings (SSSR count). The maximum Gasteiger partial charge on any atom is 0.326 e. The minimum Gasteiger partial charge on any atom is -0.468 e. The van der Waals surface area contributed by atoms with Gasteiger partial charge in [-0.3, -0.25) is 9.10 Å². The van der Waals surface area contributed by atoms with Crippen LogP contribution in [-0.2, 0) is 19.6 Å². The number of rotatable bonds is 4. The lowest BCUT2D eigenvalue weighted by atomic mass is 10.3. The average molecular weight is 279 g/mol. The van der Waals surface area contributed by atoms with Crippen molar-refractivity contribution in [3.8, 4) is 0 Å². The van der Waals surface area contributed by atoms with Crippen LogP contribution in [0.2, 0.25) is 0 Å². The third-order valence-electron chi connectivity index (χ3n) is 2.04. The average Bonchev–Trinajstić information content (AvgIpc) is 2.22. The number of halogens is 2. The SMILES string of the molecule is COC(=O)CN(c1cc(F)cc(F)c1)S(C)(=O)=O. The molecule has 0 radical (unpaired) electrons. The van der Waals surface area contributed by atoms with Gasteiger partial charge in [-0.15, -0.1) is 0 Å². The first-order chi connectivity index (χ1) is 8.24. The Morgan fingerprint density at radius 3 is 2.17 bits per heavy atom. The smallest absolute Gasteiger partial charge is 0.326 e. The van der Waals surface area contributed by atoms with Crippen LogP contribution in [0, 0.1) is 11.6 Å². The molecule has 100 valence electrons. The molecule has 0 saturated heterocycles. The van der Waals surface area contributed by atoms with Gasteiger partial charge in [0.1, 0.15) is 18.2 Å². The number of hydrogen-bond acceptors (Lipinski definition) is 4. The molecule has 0 aromatic heterocycles. The molecule has 1 aromatic rings.